The van der Waals surface area contributed by atoms with Crippen LogP contribution < -0.4 is 9.47 Å². The number of aromatic nitrogens is 1. The summed E-state index contributed by atoms with van der Waals surface area (Å²) in [5.74, 6) is 2.11. The third-order valence-electron chi connectivity index (χ3n) is 8.62. The van der Waals surface area contributed by atoms with Crippen LogP contribution in [-0.2, 0) is 15.6 Å². The number of ketones is 1. The molecule has 1 aliphatic heterocycles. The highest BCUT2D eigenvalue weighted by atomic mass is 16.7. The highest BCUT2D eigenvalue weighted by Gasteiger charge is 2.60. The Hall–Kier alpha value is -2.62. The normalized spacial score (nSPS) is 23.2. The molecule has 3 aliphatic carbocycles. The van der Waals surface area contributed by atoms with Gasteiger partial charge in [0.15, 0.2) is 17.3 Å². The number of hydrogen-bond acceptors (Lipinski definition) is 4. The van der Waals surface area contributed by atoms with Crippen LogP contribution in [0.5, 0.6) is 11.5 Å². The van der Waals surface area contributed by atoms with Gasteiger partial charge in [0.05, 0.1) is 16.3 Å². The van der Waals surface area contributed by atoms with Gasteiger partial charge in [-0.1, -0.05) is 50.7 Å². The van der Waals surface area contributed by atoms with Crippen LogP contribution in [0.3, 0.4) is 0 Å². The number of carbonyl (C=O) groups is 1. The van der Waals surface area contributed by atoms with E-state index in [0.717, 1.165) is 79.2 Å². The second kappa shape index (κ2) is 6.21. The number of Topliss-reactive ketones (excluding diaryl/α,β-unsaturated/α-hetero) is 1. The predicted molar refractivity (Wildman–Crippen MR) is 120 cm³/mol. The van der Waals surface area contributed by atoms with E-state index < -0.39 is 0 Å². The lowest BCUT2D eigenvalue weighted by molar-refractivity contribution is -0.131. The fourth-order valence-electron chi connectivity index (χ4n) is 7.23. The van der Waals surface area contributed by atoms with Crippen molar-refractivity contribution in [1.29, 1.82) is 0 Å². The highest BCUT2D eigenvalue weighted by Crippen LogP contribution is 2.59. The number of nitrogens with zero attached hydrogens (tertiary/aromatic N) is 1. The van der Waals surface area contributed by atoms with Crippen molar-refractivity contribution in [3.05, 3.63) is 41.6 Å². The molecule has 0 saturated heterocycles. The first-order chi connectivity index (χ1) is 15.2. The van der Waals surface area contributed by atoms with Gasteiger partial charge in [-0.25, -0.2) is 0 Å². The zero-order chi connectivity index (χ0) is 20.6. The predicted octanol–water partition coefficient (Wildman–Crippen LogP) is 6.10. The molecule has 158 valence electrons. The highest BCUT2D eigenvalue weighted by molar-refractivity contribution is 6.13. The van der Waals surface area contributed by atoms with Crippen molar-refractivity contribution < 1.29 is 14.3 Å². The molecule has 0 atom stereocenters. The zero-order valence-electron chi connectivity index (χ0n) is 17.8. The molecule has 0 radical (unpaired) electrons. The summed E-state index contributed by atoms with van der Waals surface area (Å²) >= 11 is 0. The summed E-state index contributed by atoms with van der Waals surface area (Å²) in [5.41, 5.74) is 2.97. The molecule has 0 unspecified atom stereocenters. The Morgan fingerprint density at radius 3 is 2.19 bits per heavy atom. The van der Waals surface area contributed by atoms with E-state index in [1.807, 2.05) is 0 Å². The average molecular weight is 414 g/mol. The van der Waals surface area contributed by atoms with Crippen molar-refractivity contribution in [2.45, 2.75) is 75.0 Å². The van der Waals surface area contributed by atoms with E-state index in [0.29, 0.717) is 5.78 Å². The van der Waals surface area contributed by atoms with Gasteiger partial charge in [0.1, 0.15) is 0 Å². The molecule has 2 aromatic carbocycles. The first-order valence-corrected chi connectivity index (χ1v) is 11.9. The van der Waals surface area contributed by atoms with Crippen molar-refractivity contribution in [2.75, 3.05) is 6.79 Å². The molecule has 0 N–H and O–H groups in total. The number of benzene rings is 2. The molecular formula is C27H27NO3. The second-order valence-electron chi connectivity index (χ2n) is 10.0. The van der Waals surface area contributed by atoms with Crippen LogP contribution >= 0.6 is 0 Å². The quantitative estimate of drug-likeness (QED) is 0.418. The zero-order valence-corrected chi connectivity index (χ0v) is 17.8. The molecule has 7 rings (SSSR count). The standard InChI is InChI=1S/C27H27NO3/c29-25-26(9-3-1-4-10-26)20-15-28-24-18(23(20)27(25)11-5-2-6-12-27)8-7-17-13-21-22(14-19(17)24)31-16-30-21/h7-8,13-15H,1-6,9-12,16H2. The van der Waals surface area contributed by atoms with Gasteiger partial charge < -0.3 is 9.47 Å². The molecule has 1 aromatic heterocycles. The lowest BCUT2D eigenvalue weighted by atomic mass is 9.63. The summed E-state index contributed by atoms with van der Waals surface area (Å²) in [5, 5.41) is 3.38. The van der Waals surface area contributed by atoms with E-state index >= 15 is 0 Å². The molecule has 2 spiro atoms. The molecule has 0 bridgehead atoms. The Kier molecular flexibility index (Phi) is 3.61. The van der Waals surface area contributed by atoms with Gasteiger partial charge in [0.2, 0.25) is 6.79 Å². The summed E-state index contributed by atoms with van der Waals surface area (Å²) in [6.45, 7) is 0.270. The molecule has 2 saturated carbocycles. The Bertz CT molecular complexity index is 1250. The number of fused-ring (bicyclic) bond motifs is 8. The lowest BCUT2D eigenvalue weighted by Gasteiger charge is -2.38. The van der Waals surface area contributed by atoms with Crippen molar-refractivity contribution in [3.63, 3.8) is 0 Å². The Morgan fingerprint density at radius 1 is 0.774 bits per heavy atom. The van der Waals surface area contributed by atoms with Gasteiger partial charge >= 0.3 is 0 Å². The summed E-state index contributed by atoms with van der Waals surface area (Å²) < 4.78 is 11.2. The summed E-state index contributed by atoms with van der Waals surface area (Å²) in [7, 11) is 0. The van der Waals surface area contributed by atoms with Crippen LogP contribution in [0.1, 0.15) is 75.3 Å². The third-order valence-corrected chi connectivity index (χ3v) is 8.62. The number of rotatable bonds is 0. The largest absolute Gasteiger partial charge is 0.454 e. The molecule has 4 nitrogen and oxygen atoms in total. The smallest absolute Gasteiger partial charge is 0.231 e. The van der Waals surface area contributed by atoms with Crippen molar-refractivity contribution in [1.82, 2.24) is 4.98 Å². The summed E-state index contributed by atoms with van der Waals surface area (Å²) in [6, 6.07) is 8.52. The monoisotopic (exact) mass is 413 g/mol. The average Bonchev–Trinajstić information content (AvgIpc) is 3.35. The Balaban J connectivity index is 1.55. The van der Waals surface area contributed by atoms with E-state index in [1.54, 1.807) is 0 Å². The van der Waals surface area contributed by atoms with Gasteiger partial charge in [-0.2, -0.15) is 0 Å². The van der Waals surface area contributed by atoms with Crippen LogP contribution in [0.15, 0.2) is 30.5 Å². The first-order valence-electron chi connectivity index (χ1n) is 11.9. The minimum Gasteiger partial charge on any atom is -0.454 e. The van der Waals surface area contributed by atoms with Crippen LogP contribution in [0.4, 0.5) is 0 Å². The molecule has 4 heteroatoms. The molecule has 2 heterocycles. The van der Waals surface area contributed by atoms with E-state index in [2.05, 4.69) is 30.5 Å². The van der Waals surface area contributed by atoms with Crippen LogP contribution in [-0.4, -0.2) is 17.6 Å². The maximum absolute atomic E-state index is 14.3. The number of carbonyl (C=O) groups excluding carboxylic acids is 1. The first kappa shape index (κ1) is 18.0. The van der Waals surface area contributed by atoms with E-state index in [1.165, 1.54) is 29.4 Å². The number of ether oxygens (including phenoxy) is 2. The minimum atomic E-state index is -0.309. The van der Waals surface area contributed by atoms with E-state index in [9.17, 15) is 4.79 Å². The Labute approximate surface area is 181 Å². The topological polar surface area (TPSA) is 48.4 Å². The van der Waals surface area contributed by atoms with Gasteiger partial charge in [0, 0.05) is 17.0 Å². The van der Waals surface area contributed by atoms with Gasteiger partial charge in [0.25, 0.3) is 0 Å². The molecule has 31 heavy (non-hydrogen) atoms. The molecule has 0 amide bonds. The molecule has 3 aromatic rings. The van der Waals surface area contributed by atoms with Crippen molar-refractivity contribution in [2.24, 2.45) is 0 Å². The Morgan fingerprint density at radius 2 is 1.45 bits per heavy atom. The maximum Gasteiger partial charge on any atom is 0.231 e. The summed E-state index contributed by atoms with van der Waals surface area (Å²) in [6.07, 6.45) is 13.2. The van der Waals surface area contributed by atoms with Crippen LogP contribution in [0.2, 0.25) is 0 Å². The van der Waals surface area contributed by atoms with Gasteiger partial charge in [-0.3, -0.25) is 9.78 Å². The molecule has 2 fully saturated rings. The van der Waals surface area contributed by atoms with Crippen LogP contribution in [0, 0.1) is 0 Å². The minimum absolute atomic E-state index is 0.270. The van der Waals surface area contributed by atoms with Gasteiger partial charge in [-0.05, 0) is 54.3 Å². The van der Waals surface area contributed by atoms with Crippen molar-refractivity contribution >= 4 is 27.5 Å². The molecular weight excluding hydrogens is 386 g/mol. The van der Waals surface area contributed by atoms with Crippen LogP contribution in [0.25, 0.3) is 21.7 Å². The SMILES string of the molecule is O=C1C2(CCCCC2)c2cnc3c(ccc4cc5c(cc43)OCO5)c2C12CCCCC2. The third kappa shape index (κ3) is 2.21. The fraction of sp³-hybridized carbons (Fsp3) is 0.481. The number of pyridine rings is 1. The van der Waals surface area contributed by atoms with E-state index in [4.69, 9.17) is 14.5 Å². The maximum atomic E-state index is 14.3. The summed E-state index contributed by atoms with van der Waals surface area (Å²) in [4.78, 5) is 19.3. The fourth-order valence-corrected chi connectivity index (χ4v) is 7.23. The van der Waals surface area contributed by atoms with Gasteiger partial charge in [-0.15, -0.1) is 0 Å². The lowest BCUT2D eigenvalue weighted by Crippen LogP contribution is -2.44. The van der Waals surface area contributed by atoms with E-state index in [-0.39, 0.29) is 17.6 Å². The van der Waals surface area contributed by atoms with Crippen molar-refractivity contribution in [3.8, 4) is 11.5 Å². The second-order valence-corrected chi connectivity index (χ2v) is 10.0. The molecule has 4 aliphatic rings. The number of hydrogen-bond donors (Lipinski definition) is 0.